The zero-order chi connectivity index (χ0) is 16.4. The van der Waals surface area contributed by atoms with Crippen LogP contribution in [0.15, 0.2) is 33.2 Å². The zero-order valence-corrected chi connectivity index (χ0v) is 13.1. The quantitative estimate of drug-likeness (QED) is 0.534. The summed E-state index contributed by atoms with van der Waals surface area (Å²) < 4.78 is 16.0. The number of carbonyl (C=O) groups excluding carboxylic acids is 1. The highest BCUT2D eigenvalue weighted by Crippen LogP contribution is 2.25. The van der Waals surface area contributed by atoms with Gasteiger partial charge in [-0.15, -0.1) is 10.2 Å². The molecule has 0 saturated heterocycles. The molecule has 0 radical (unpaired) electrons. The number of carbonyl (C=O) groups is 1. The van der Waals surface area contributed by atoms with Crippen LogP contribution in [0.1, 0.15) is 27.8 Å². The van der Waals surface area contributed by atoms with Gasteiger partial charge in [0.2, 0.25) is 0 Å². The number of nitrogens with zero attached hydrogens (tertiary/aromatic N) is 3. The van der Waals surface area contributed by atoms with E-state index in [9.17, 15) is 4.79 Å². The predicted octanol–water partition coefficient (Wildman–Crippen LogP) is 3.35. The molecule has 3 rings (SSSR count). The van der Waals surface area contributed by atoms with E-state index in [0.717, 1.165) is 5.76 Å². The third-order valence-electron chi connectivity index (χ3n) is 3.04. The van der Waals surface area contributed by atoms with Gasteiger partial charge in [-0.05, 0) is 32.0 Å². The first kappa shape index (κ1) is 15.2. The summed E-state index contributed by atoms with van der Waals surface area (Å²) in [5, 5.41) is 7.85. The van der Waals surface area contributed by atoms with Gasteiger partial charge in [0.05, 0.1) is 11.1 Å². The van der Waals surface area contributed by atoms with E-state index in [-0.39, 0.29) is 23.2 Å². The summed E-state index contributed by atoms with van der Waals surface area (Å²) in [5.74, 6) is 1.29. The van der Waals surface area contributed by atoms with Crippen molar-refractivity contribution in [2.24, 2.45) is 0 Å². The van der Waals surface area contributed by atoms with Gasteiger partial charge in [0, 0.05) is 6.20 Å². The van der Waals surface area contributed by atoms with Crippen molar-refractivity contribution >= 4 is 17.6 Å². The molecule has 0 unspecified atom stereocenters. The van der Waals surface area contributed by atoms with Gasteiger partial charge >= 0.3 is 5.97 Å². The Labute approximate surface area is 136 Å². The van der Waals surface area contributed by atoms with Crippen LogP contribution in [0, 0.1) is 13.8 Å². The smallest absolute Gasteiger partial charge is 0.341 e. The molecule has 0 aliphatic rings. The molecule has 8 heteroatoms. The molecule has 0 bridgehead atoms. The first-order valence-electron chi connectivity index (χ1n) is 6.72. The third kappa shape index (κ3) is 3.24. The number of ether oxygens (including phenoxy) is 1. The van der Waals surface area contributed by atoms with E-state index in [1.807, 2.05) is 6.92 Å². The van der Waals surface area contributed by atoms with Crippen molar-refractivity contribution in [3.63, 3.8) is 0 Å². The van der Waals surface area contributed by atoms with Gasteiger partial charge in [0.25, 0.3) is 11.8 Å². The van der Waals surface area contributed by atoms with Crippen molar-refractivity contribution in [2.45, 2.75) is 20.5 Å². The molecule has 7 nitrogen and oxygen atoms in total. The van der Waals surface area contributed by atoms with E-state index in [1.165, 1.54) is 12.3 Å². The average molecular weight is 334 g/mol. The molecule has 0 aromatic carbocycles. The SMILES string of the molecule is Cc1cc(-c2nnc(COC(=O)c3cccnc3Cl)o2)c(C)o1. The normalized spacial score (nSPS) is 10.7. The van der Waals surface area contributed by atoms with Crippen molar-refractivity contribution in [2.75, 3.05) is 0 Å². The van der Waals surface area contributed by atoms with Gasteiger partial charge in [0.15, 0.2) is 6.61 Å². The molecule has 23 heavy (non-hydrogen) atoms. The van der Waals surface area contributed by atoms with Crippen molar-refractivity contribution in [1.29, 1.82) is 0 Å². The average Bonchev–Trinajstić information content (AvgIpc) is 3.11. The summed E-state index contributed by atoms with van der Waals surface area (Å²) in [5.41, 5.74) is 0.887. The second kappa shape index (κ2) is 6.21. The maximum Gasteiger partial charge on any atom is 0.341 e. The van der Waals surface area contributed by atoms with E-state index in [2.05, 4.69) is 15.2 Å². The van der Waals surface area contributed by atoms with Crippen LogP contribution in [0.5, 0.6) is 0 Å². The van der Waals surface area contributed by atoms with E-state index in [0.29, 0.717) is 17.2 Å². The van der Waals surface area contributed by atoms with Crippen LogP contribution in [0.2, 0.25) is 5.15 Å². The highest BCUT2D eigenvalue weighted by Gasteiger charge is 2.17. The molecular weight excluding hydrogens is 322 g/mol. The number of aryl methyl sites for hydroxylation is 2. The number of rotatable bonds is 4. The molecule has 0 atom stereocenters. The number of esters is 1. The first-order valence-corrected chi connectivity index (χ1v) is 7.10. The lowest BCUT2D eigenvalue weighted by Gasteiger charge is -2.02. The number of halogens is 1. The van der Waals surface area contributed by atoms with E-state index < -0.39 is 5.97 Å². The van der Waals surface area contributed by atoms with Crippen molar-refractivity contribution in [3.05, 3.63) is 52.5 Å². The number of hydrogen-bond donors (Lipinski definition) is 0. The second-order valence-electron chi connectivity index (χ2n) is 4.75. The maximum absolute atomic E-state index is 11.9. The van der Waals surface area contributed by atoms with Crippen LogP contribution in [-0.4, -0.2) is 21.2 Å². The Kier molecular flexibility index (Phi) is 4.12. The van der Waals surface area contributed by atoms with Crippen LogP contribution in [0.25, 0.3) is 11.5 Å². The lowest BCUT2D eigenvalue weighted by molar-refractivity contribution is 0.0438. The monoisotopic (exact) mass is 333 g/mol. The first-order chi connectivity index (χ1) is 11.0. The summed E-state index contributed by atoms with van der Waals surface area (Å²) in [6.45, 7) is 3.47. The summed E-state index contributed by atoms with van der Waals surface area (Å²) in [4.78, 5) is 15.7. The summed E-state index contributed by atoms with van der Waals surface area (Å²) >= 11 is 5.83. The van der Waals surface area contributed by atoms with Crippen molar-refractivity contribution in [1.82, 2.24) is 15.2 Å². The Morgan fingerprint density at radius 2 is 2.13 bits per heavy atom. The van der Waals surface area contributed by atoms with Crippen molar-refractivity contribution in [3.8, 4) is 11.5 Å². The van der Waals surface area contributed by atoms with Crippen molar-refractivity contribution < 1.29 is 18.4 Å². The lowest BCUT2D eigenvalue weighted by Crippen LogP contribution is -2.06. The summed E-state index contributed by atoms with van der Waals surface area (Å²) in [6, 6.07) is 4.92. The minimum atomic E-state index is -0.613. The topological polar surface area (TPSA) is 91.2 Å². The Morgan fingerprint density at radius 3 is 2.83 bits per heavy atom. The molecule has 118 valence electrons. The Morgan fingerprint density at radius 1 is 1.30 bits per heavy atom. The van der Waals surface area contributed by atoms with Crippen LogP contribution in [-0.2, 0) is 11.3 Å². The second-order valence-corrected chi connectivity index (χ2v) is 5.10. The summed E-state index contributed by atoms with van der Waals surface area (Å²) in [6.07, 6.45) is 1.48. The molecule has 0 spiro atoms. The molecule has 0 aliphatic carbocycles. The largest absolute Gasteiger partial charge is 0.466 e. The number of pyridine rings is 1. The highest BCUT2D eigenvalue weighted by molar-refractivity contribution is 6.32. The fourth-order valence-corrected chi connectivity index (χ4v) is 2.20. The van der Waals surface area contributed by atoms with Gasteiger partial charge in [0.1, 0.15) is 16.7 Å². The molecule has 3 aromatic rings. The molecular formula is C15H12ClN3O4. The molecule has 0 saturated carbocycles. The van der Waals surface area contributed by atoms with Gasteiger partial charge < -0.3 is 13.6 Å². The van der Waals surface area contributed by atoms with Gasteiger partial charge in [-0.1, -0.05) is 11.6 Å². The fraction of sp³-hybridized carbons (Fsp3) is 0.200. The zero-order valence-electron chi connectivity index (χ0n) is 12.4. The number of furan rings is 1. The minimum Gasteiger partial charge on any atom is -0.466 e. The van der Waals surface area contributed by atoms with E-state index >= 15 is 0 Å². The Hall–Kier alpha value is -2.67. The third-order valence-corrected chi connectivity index (χ3v) is 3.35. The van der Waals surface area contributed by atoms with Crippen LogP contribution in [0.3, 0.4) is 0 Å². The van der Waals surface area contributed by atoms with Gasteiger partial charge in [-0.25, -0.2) is 9.78 Å². The van der Waals surface area contributed by atoms with Gasteiger partial charge in [-0.2, -0.15) is 0 Å². The molecule has 0 aliphatic heterocycles. The predicted molar refractivity (Wildman–Crippen MR) is 79.8 cm³/mol. The number of aromatic nitrogens is 3. The molecule has 3 aromatic heterocycles. The molecule has 0 amide bonds. The summed E-state index contributed by atoms with van der Waals surface area (Å²) in [7, 11) is 0. The van der Waals surface area contributed by atoms with Crippen LogP contribution < -0.4 is 0 Å². The lowest BCUT2D eigenvalue weighted by atomic mass is 10.2. The van der Waals surface area contributed by atoms with E-state index in [1.54, 1.807) is 19.1 Å². The highest BCUT2D eigenvalue weighted by atomic mass is 35.5. The van der Waals surface area contributed by atoms with E-state index in [4.69, 9.17) is 25.2 Å². The molecule has 3 heterocycles. The molecule has 0 N–H and O–H groups in total. The Bertz CT molecular complexity index is 856. The number of hydrogen-bond acceptors (Lipinski definition) is 7. The maximum atomic E-state index is 11.9. The standard InChI is InChI=1S/C15H12ClN3O4/c1-8-6-11(9(2)22-8)14-19-18-12(23-14)7-21-15(20)10-4-3-5-17-13(10)16/h3-6H,7H2,1-2H3. The fourth-order valence-electron chi connectivity index (χ4n) is 2.01. The Balaban J connectivity index is 1.69. The molecule has 0 fully saturated rings. The van der Waals surface area contributed by atoms with Crippen LogP contribution in [0.4, 0.5) is 0 Å². The van der Waals surface area contributed by atoms with Crippen LogP contribution >= 0.6 is 11.6 Å². The minimum absolute atomic E-state index is 0.0771. The van der Waals surface area contributed by atoms with Gasteiger partial charge in [-0.3, -0.25) is 0 Å².